The predicted molar refractivity (Wildman–Crippen MR) is 71.1 cm³/mol. The van der Waals surface area contributed by atoms with Crippen molar-refractivity contribution in [3.05, 3.63) is 29.8 Å². The number of nitriles is 1. The smallest absolute Gasteiger partial charge is 0.238 e. The van der Waals surface area contributed by atoms with Crippen LogP contribution in [0, 0.1) is 11.3 Å². The van der Waals surface area contributed by atoms with Crippen molar-refractivity contribution in [3.63, 3.8) is 0 Å². The molecule has 3 nitrogen and oxygen atoms in total. The molecule has 1 saturated carbocycles. The number of rotatable bonds is 3. The summed E-state index contributed by atoms with van der Waals surface area (Å²) in [6.45, 7) is 0. The molecule has 18 heavy (non-hydrogen) atoms. The lowest BCUT2D eigenvalue weighted by Gasteiger charge is -2.22. The van der Waals surface area contributed by atoms with E-state index in [0.29, 0.717) is 5.92 Å². The second kappa shape index (κ2) is 6.20. The van der Waals surface area contributed by atoms with Crippen LogP contribution in [0.25, 0.3) is 0 Å². The highest BCUT2D eigenvalue weighted by Gasteiger charge is 2.15. The van der Waals surface area contributed by atoms with E-state index in [1.54, 1.807) is 0 Å². The van der Waals surface area contributed by atoms with Gasteiger partial charge < -0.3 is 5.32 Å². The standard InChI is InChI=1S/C15H18N2O/c16-11-10-15(18)17-14-8-6-13(7-9-14)12-4-2-1-3-5-12/h6-9,12H,1-5,10H2,(H,17,18). The van der Waals surface area contributed by atoms with Gasteiger partial charge in [0, 0.05) is 5.69 Å². The quantitative estimate of drug-likeness (QED) is 0.880. The van der Waals surface area contributed by atoms with E-state index < -0.39 is 0 Å². The van der Waals surface area contributed by atoms with E-state index in [-0.39, 0.29) is 12.3 Å². The Bertz CT molecular complexity index is 439. The Morgan fingerprint density at radius 1 is 1.22 bits per heavy atom. The van der Waals surface area contributed by atoms with Crippen molar-refractivity contribution in [1.82, 2.24) is 0 Å². The molecule has 1 aliphatic carbocycles. The summed E-state index contributed by atoms with van der Waals surface area (Å²) in [6.07, 6.45) is 6.47. The van der Waals surface area contributed by atoms with Crippen molar-refractivity contribution in [2.24, 2.45) is 0 Å². The molecule has 0 aliphatic heterocycles. The highest BCUT2D eigenvalue weighted by atomic mass is 16.1. The van der Waals surface area contributed by atoms with E-state index in [9.17, 15) is 4.79 Å². The number of hydrogen-bond acceptors (Lipinski definition) is 2. The molecule has 0 aromatic heterocycles. The third-order valence-corrected chi connectivity index (χ3v) is 3.51. The van der Waals surface area contributed by atoms with Gasteiger partial charge in [-0.2, -0.15) is 5.26 Å². The molecule has 0 unspecified atom stereocenters. The van der Waals surface area contributed by atoms with Crippen LogP contribution in [0.3, 0.4) is 0 Å². The molecule has 94 valence electrons. The van der Waals surface area contributed by atoms with Crippen LogP contribution >= 0.6 is 0 Å². The number of carbonyl (C=O) groups excluding carboxylic acids is 1. The summed E-state index contributed by atoms with van der Waals surface area (Å²) >= 11 is 0. The summed E-state index contributed by atoms with van der Waals surface area (Å²) < 4.78 is 0. The molecule has 0 bridgehead atoms. The molecule has 1 aromatic rings. The highest BCUT2D eigenvalue weighted by Crippen LogP contribution is 2.32. The van der Waals surface area contributed by atoms with Gasteiger partial charge in [-0.1, -0.05) is 31.4 Å². The van der Waals surface area contributed by atoms with Gasteiger partial charge >= 0.3 is 0 Å². The lowest BCUT2D eigenvalue weighted by Crippen LogP contribution is -2.10. The Labute approximate surface area is 108 Å². The molecular weight excluding hydrogens is 224 g/mol. The molecule has 3 heteroatoms. The van der Waals surface area contributed by atoms with Crippen molar-refractivity contribution in [2.45, 2.75) is 44.4 Å². The topological polar surface area (TPSA) is 52.9 Å². The molecule has 2 rings (SSSR count). The van der Waals surface area contributed by atoms with Gasteiger partial charge in [0.05, 0.1) is 6.07 Å². The van der Waals surface area contributed by atoms with Crippen LogP contribution in [0.2, 0.25) is 0 Å². The van der Waals surface area contributed by atoms with Crippen molar-refractivity contribution in [3.8, 4) is 6.07 Å². The van der Waals surface area contributed by atoms with Crippen LogP contribution in [-0.2, 0) is 4.79 Å². The fourth-order valence-corrected chi connectivity index (χ4v) is 2.55. The minimum Gasteiger partial charge on any atom is -0.325 e. The molecule has 1 aliphatic rings. The maximum absolute atomic E-state index is 11.3. The molecule has 0 saturated heterocycles. The first-order chi connectivity index (χ1) is 8.79. The number of nitrogens with one attached hydrogen (secondary N) is 1. The molecule has 1 amide bonds. The SMILES string of the molecule is N#CCC(=O)Nc1ccc(C2CCCCC2)cc1. The molecule has 0 heterocycles. The van der Waals surface area contributed by atoms with E-state index in [1.807, 2.05) is 18.2 Å². The zero-order valence-electron chi connectivity index (χ0n) is 10.5. The first-order valence-electron chi connectivity index (χ1n) is 6.56. The van der Waals surface area contributed by atoms with E-state index >= 15 is 0 Å². The molecule has 0 atom stereocenters. The zero-order valence-corrected chi connectivity index (χ0v) is 10.5. The Hall–Kier alpha value is -1.82. The summed E-state index contributed by atoms with van der Waals surface area (Å²) in [6, 6.07) is 9.89. The average Bonchev–Trinajstić information content (AvgIpc) is 2.41. The lowest BCUT2D eigenvalue weighted by molar-refractivity contribution is -0.115. The van der Waals surface area contributed by atoms with Gasteiger partial charge in [-0.25, -0.2) is 0 Å². The van der Waals surface area contributed by atoms with Crippen LogP contribution < -0.4 is 5.32 Å². The fourth-order valence-electron chi connectivity index (χ4n) is 2.55. The van der Waals surface area contributed by atoms with Gasteiger partial charge in [-0.3, -0.25) is 4.79 Å². The van der Waals surface area contributed by atoms with Gasteiger partial charge in [0.1, 0.15) is 6.42 Å². The minimum atomic E-state index is -0.247. The molecule has 1 N–H and O–H groups in total. The lowest BCUT2D eigenvalue weighted by atomic mass is 9.84. The average molecular weight is 242 g/mol. The largest absolute Gasteiger partial charge is 0.325 e. The van der Waals surface area contributed by atoms with Crippen molar-refractivity contribution < 1.29 is 4.79 Å². The Morgan fingerprint density at radius 3 is 2.50 bits per heavy atom. The number of hydrogen-bond donors (Lipinski definition) is 1. The third-order valence-electron chi connectivity index (χ3n) is 3.51. The van der Waals surface area contributed by atoms with Gasteiger partial charge in [-0.15, -0.1) is 0 Å². The maximum Gasteiger partial charge on any atom is 0.238 e. The number of nitrogens with zero attached hydrogens (tertiary/aromatic N) is 1. The summed E-state index contributed by atoms with van der Waals surface area (Å²) in [7, 11) is 0. The number of anilines is 1. The number of amides is 1. The van der Waals surface area contributed by atoms with Crippen LogP contribution in [0.5, 0.6) is 0 Å². The van der Waals surface area contributed by atoms with Crippen LogP contribution in [0.15, 0.2) is 24.3 Å². The first kappa shape index (κ1) is 12.6. The predicted octanol–water partition coefficient (Wildman–Crippen LogP) is 3.59. The van der Waals surface area contributed by atoms with Gasteiger partial charge in [0.2, 0.25) is 5.91 Å². The van der Waals surface area contributed by atoms with Crippen molar-refractivity contribution in [2.75, 3.05) is 5.32 Å². The zero-order chi connectivity index (χ0) is 12.8. The second-order valence-electron chi connectivity index (χ2n) is 4.84. The summed E-state index contributed by atoms with van der Waals surface area (Å²) in [5.74, 6) is 0.436. The van der Waals surface area contributed by atoms with Crippen LogP contribution in [0.4, 0.5) is 5.69 Å². The fraction of sp³-hybridized carbons (Fsp3) is 0.467. The maximum atomic E-state index is 11.3. The third kappa shape index (κ3) is 3.33. The summed E-state index contributed by atoms with van der Waals surface area (Å²) in [5.41, 5.74) is 2.14. The molecular formula is C15H18N2O. The van der Waals surface area contributed by atoms with Crippen molar-refractivity contribution in [1.29, 1.82) is 5.26 Å². The normalized spacial score (nSPS) is 15.9. The monoisotopic (exact) mass is 242 g/mol. The van der Waals surface area contributed by atoms with Crippen LogP contribution in [-0.4, -0.2) is 5.91 Å². The van der Waals surface area contributed by atoms with Gasteiger partial charge in [0.15, 0.2) is 0 Å². The molecule has 0 radical (unpaired) electrons. The molecule has 0 spiro atoms. The van der Waals surface area contributed by atoms with E-state index in [2.05, 4.69) is 17.4 Å². The van der Waals surface area contributed by atoms with E-state index in [1.165, 1.54) is 37.7 Å². The van der Waals surface area contributed by atoms with E-state index in [0.717, 1.165) is 5.69 Å². The Morgan fingerprint density at radius 2 is 1.89 bits per heavy atom. The second-order valence-corrected chi connectivity index (χ2v) is 4.84. The summed E-state index contributed by atoms with van der Waals surface area (Å²) in [5, 5.41) is 11.1. The van der Waals surface area contributed by atoms with Crippen molar-refractivity contribution >= 4 is 11.6 Å². The molecule has 1 aromatic carbocycles. The number of carbonyl (C=O) groups is 1. The van der Waals surface area contributed by atoms with E-state index in [4.69, 9.17) is 5.26 Å². The Balaban J connectivity index is 1.96. The highest BCUT2D eigenvalue weighted by molar-refractivity contribution is 5.91. The van der Waals surface area contributed by atoms with Gasteiger partial charge in [0.25, 0.3) is 0 Å². The van der Waals surface area contributed by atoms with Gasteiger partial charge in [-0.05, 0) is 36.5 Å². The summed E-state index contributed by atoms with van der Waals surface area (Å²) in [4.78, 5) is 11.3. The minimum absolute atomic E-state index is 0.0929. The van der Waals surface area contributed by atoms with Crippen LogP contribution in [0.1, 0.15) is 50.0 Å². The Kier molecular flexibility index (Phi) is 4.35. The molecule has 1 fully saturated rings. The number of benzene rings is 1. The first-order valence-corrected chi connectivity index (χ1v) is 6.56.